The van der Waals surface area contributed by atoms with E-state index in [0.29, 0.717) is 23.5 Å². The molecule has 0 radical (unpaired) electrons. The summed E-state index contributed by atoms with van der Waals surface area (Å²) < 4.78 is 40.8. The van der Waals surface area contributed by atoms with Gasteiger partial charge in [0.25, 0.3) is 0 Å². The zero-order valence-corrected chi connectivity index (χ0v) is 15.7. The number of anilines is 2. The molecule has 0 aliphatic carbocycles. The Labute approximate surface area is 164 Å². The van der Waals surface area contributed by atoms with Crippen LogP contribution in [0.15, 0.2) is 36.5 Å². The molecule has 10 heteroatoms. The van der Waals surface area contributed by atoms with E-state index >= 15 is 0 Å². The number of rotatable bonds is 4. The second-order valence-corrected chi connectivity index (χ2v) is 6.55. The summed E-state index contributed by atoms with van der Waals surface area (Å²) in [5.41, 5.74) is 1.88. The number of carbonyl (C=O) groups is 2. The molecule has 1 unspecified atom stereocenters. The number of hydrogen-bond donors (Lipinski definition) is 2. The molecule has 0 fully saturated rings. The van der Waals surface area contributed by atoms with Gasteiger partial charge in [-0.1, -0.05) is 19.1 Å². The molecule has 1 aliphatic heterocycles. The molecule has 0 saturated carbocycles. The maximum absolute atomic E-state index is 12.8. The van der Waals surface area contributed by atoms with Crippen LogP contribution in [0.1, 0.15) is 30.5 Å². The van der Waals surface area contributed by atoms with Crippen LogP contribution in [0.3, 0.4) is 0 Å². The number of carbonyl (C=O) groups excluding carboxylic acids is 2. The third-order valence-corrected chi connectivity index (χ3v) is 4.30. The molecular weight excluding hydrogens is 389 g/mol. The van der Waals surface area contributed by atoms with E-state index < -0.39 is 18.4 Å². The van der Waals surface area contributed by atoms with Crippen LogP contribution in [-0.2, 0) is 4.79 Å². The molecule has 1 atom stereocenters. The molecule has 29 heavy (non-hydrogen) atoms. The van der Waals surface area contributed by atoms with E-state index in [1.807, 2.05) is 13.8 Å². The van der Waals surface area contributed by atoms with Gasteiger partial charge in [0.2, 0.25) is 5.91 Å². The van der Waals surface area contributed by atoms with Crippen LogP contribution in [0.4, 0.5) is 29.5 Å². The van der Waals surface area contributed by atoms with Crippen LogP contribution < -0.4 is 20.3 Å². The third kappa shape index (κ3) is 4.95. The van der Waals surface area contributed by atoms with Crippen molar-refractivity contribution in [2.45, 2.75) is 32.7 Å². The summed E-state index contributed by atoms with van der Waals surface area (Å²) in [6.45, 7) is 3.45. The summed E-state index contributed by atoms with van der Waals surface area (Å²) in [5.74, 6) is -0.359. The molecule has 2 heterocycles. The van der Waals surface area contributed by atoms with Gasteiger partial charge in [0, 0.05) is 6.20 Å². The number of nitrogens with zero attached hydrogens (tertiary/aromatic N) is 2. The number of fused-ring (bicyclic) bond motifs is 1. The molecule has 3 amide bonds. The number of amides is 3. The van der Waals surface area contributed by atoms with E-state index in [0.717, 1.165) is 5.56 Å². The Balaban J connectivity index is 1.76. The lowest BCUT2D eigenvalue weighted by Crippen LogP contribution is -2.48. The number of aromatic nitrogens is 1. The van der Waals surface area contributed by atoms with Gasteiger partial charge in [-0.05, 0) is 42.7 Å². The smallest absolute Gasteiger partial charge is 0.406 e. The highest BCUT2D eigenvalue weighted by Gasteiger charge is 2.31. The summed E-state index contributed by atoms with van der Waals surface area (Å²) >= 11 is 0. The van der Waals surface area contributed by atoms with Crippen molar-refractivity contribution in [3.05, 3.63) is 47.7 Å². The van der Waals surface area contributed by atoms with Crippen molar-refractivity contribution < 1.29 is 27.5 Å². The lowest BCUT2D eigenvalue weighted by Gasteiger charge is -2.30. The first-order chi connectivity index (χ1) is 13.7. The minimum atomic E-state index is -4.77. The SMILES string of the molecule is CCC(NC(=O)N1CC(=O)Nc2cc(C)cnc21)c1ccc(OC(F)(F)F)cc1. The number of nitrogens with one attached hydrogen (secondary N) is 2. The number of benzene rings is 1. The van der Waals surface area contributed by atoms with Crippen molar-refractivity contribution >= 4 is 23.4 Å². The molecule has 3 rings (SSSR count). The predicted octanol–water partition coefficient (Wildman–Crippen LogP) is 3.91. The largest absolute Gasteiger partial charge is 0.573 e. The standard InChI is InChI=1S/C19H19F3N4O3/c1-3-14(12-4-6-13(7-5-12)29-19(20,21)22)25-18(28)26-10-16(27)24-15-8-11(2)9-23-17(15)26/h4-9,14H,3,10H2,1-2H3,(H,24,27)(H,25,28). The third-order valence-electron chi connectivity index (χ3n) is 4.30. The average molecular weight is 408 g/mol. The average Bonchev–Trinajstić information content (AvgIpc) is 2.64. The van der Waals surface area contributed by atoms with Gasteiger partial charge < -0.3 is 15.4 Å². The molecular formula is C19H19F3N4O3. The molecule has 2 aromatic rings. The van der Waals surface area contributed by atoms with Gasteiger partial charge in [0.15, 0.2) is 5.82 Å². The van der Waals surface area contributed by atoms with Gasteiger partial charge in [0.05, 0.1) is 11.7 Å². The minimum absolute atomic E-state index is 0.191. The van der Waals surface area contributed by atoms with Crippen LogP contribution in [0.5, 0.6) is 5.75 Å². The highest BCUT2D eigenvalue weighted by molar-refractivity contribution is 6.08. The lowest BCUT2D eigenvalue weighted by atomic mass is 10.0. The number of ether oxygens (including phenoxy) is 1. The summed E-state index contributed by atoms with van der Waals surface area (Å²) in [7, 11) is 0. The molecule has 1 aromatic heterocycles. The summed E-state index contributed by atoms with van der Waals surface area (Å²) in [5, 5.41) is 5.48. The van der Waals surface area contributed by atoms with E-state index in [1.165, 1.54) is 29.2 Å². The number of alkyl halides is 3. The van der Waals surface area contributed by atoms with E-state index in [4.69, 9.17) is 0 Å². The van der Waals surface area contributed by atoms with Crippen molar-refractivity contribution in [1.82, 2.24) is 10.3 Å². The Kier molecular flexibility index (Phi) is 5.62. The summed E-state index contributed by atoms with van der Waals surface area (Å²) in [4.78, 5) is 30.2. The lowest BCUT2D eigenvalue weighted by molar-refractivity contribution is -0.274. The second kappa shape index (κ2) is 7.98. The zero-order chi connectivity index (χ0) is 21.2. The fourth-order valence-electron chi connectivity index (χ4n) is 3.00. The van der Waals surface area contributed by atoms with Crippen LogP contribution in [0.2, 0.25) is 0 Å². The molecule has 0 spiro atoms. The van der Waals surface area contributed by atoms with E-state index in [-0.39, 0.29) is 18.2 Å². The van der Waals surface area contributed by atoms with E-state index in [2.05, 4.69) is 20.4 Å². The maximum Gasteiger partial charge on any atom is 0.573 e. The number of hydrogen-bond acceptors (Lipinski definition) is 4. The first kappa shape index (κ1) is 20.4. The van der Waals surface area contributed by atoms with E-state index in [1.54, 1.807) is 12.3 Å². The molecule has 0 bridgehead atoms. The van der Waals surface area contributed by atoms with Crippen molar-refractivity contribution in [2.24, 2.45) is 0 Å². The fraction of sp³-hybridized carbons (Fsp3) is 0.316. The second-order valence-electron chi connectivity index (χ2n) is 6.55. The number of halogens is 3. The van der Waals surface area contributed by atoms with Gasteiger partial charge in [0.1, 0.15) is 12.3 Å². The monoisotopic (exact) mass is 408 g/mol. The van der Waals surface area contributed by atoms with Crippen LogP contribution >= 0.6 is 0 Å². The van der Waals surface area contributed by atoms with Crippen molar-refractivity contribution in [3.63, 3.8) is 0 Å². The molecule has 0 saturated heterocycles. The highest BCUT2D eigenvalue weighted by atomic mass is 19.4. The summed E-state index contributed by atoms with van der Waals surface area (Å²) in [6, 6.07) is 6.00. The van der Waals surface area contributed by atoms with Gasteiger partial charge >= 0.3 is 12.4 Å². The minimum Gasteiger partial charge on any atom is -0.406 e. The Morgan fingerprint density at radius 1 is 1.34 bits per heavy atom. The van der Waals surface area contributed by atoms with Crippen LogP contribution in [0, 0.1) is 6.92 Å². The molecule has 1 aliphatic rings. The first-order valence-electron chi connectivity index (χ1n) is 8.86. The predicted molar refractivity (Wildman–Crippen MR) is 99.6 cm³/mol. The van der Waals surface area contributed by atoms with Crippen molar-refractivity contribution in [2.75, 3.05) is 16.8 Å². The number of aryl methyl sites for hydroxylation is 1. The first-order valence-corrected chi connectivity index (χ1v) is 8.86. The van der Waals surface area contributed by atoms with Gasteiger partial charge in [-0.15, -0.1) is 13.2 Å². The van der Waals surface area contributed by atoms with Crippen LogP contribution in [0.25, 0.3) is 0 Å². The zero-order valence-electron chi connectivity index (χ0n) is 15.7. The van der Waals surface area contributed by atoms with E-state index in [9.17, 15) is 22.8 Å². The summed E-state index contributed by atoms with van der Waals surface area (Å²) in [6.07, 6.45) is -2.69. The molecule has 1 aromatic carbocycles. The Bertz CT molecular complexity index is 916. The molecule has 7 nitrogen and oxygen atoms in total. The van der Waals surface area contributed by atoms with Crippen molar-refractivity contribution in [1.29, 1.82) is 0 Å². The van der Waals surface area contributed by atoms with Gasteiger partial charge in [-0.25, -0.2) is 9.78 Å². The molecule has 154 valence electrons. The number of urea groups is 1. The fourth-order valence-corrected chi connectivity index (χ4v) is 3.00. The maximum atomic E-state index is 12.8. The Morgan fingerprint density at radius 3 is 2.66 bits per heavy atom. The Morgan fingerprint density at radius 2 is 2.03 bits per heavy atom. The van der Waals surface area contributed by atoms with Gasteiger partial charge in [-0.2, -0.15) is 0 Å². The topological polar surface area (TPSA) is 83.6 Å². The van der Waals surface area contributed by atoms with Gasteiger partial charge in [-0.3, -0.25) is 9.69 Å². The Hall–Kier alpha value is -3.30. The molecule has 2 N–H and O–H groups in total. The van der Waals surface area contributed by atoms with Crippen LogP contribution in [-0.4, -0.2) is 29.8 Å². The normalized spacial score (nSPS) is 14.7. The van der Waals surface area contributed by atoms with Crippen molar-refractivity contribution in [3.8, 4) is 5.75 Å². The quantitative estimate of drug-likeness (QED) is 0.804. The highest BCUT2D eigenvalue weighted by Crippen LogP contribution is 2.29. The number of pyridine rings is 1.